The van der Waals surface area contributed by atoms with Crippen molar-refractivity contribution >= 4 is 34.6 Å². The van der Waals surface area contributed by atoms with Crippen molar-refractivity contribution in [2.75, 3.05) is 11.1 Å². The van der Waals surface area contributed by atoms with Gasteiger partial charge in [0.25, 0.3) is 0 Å². The number of nitrogen functional groups attached to an aromatic ring is 1. The van der Waals surface area contributed by atoms with Crippen molar-refractivity contribution in [2.45, 2.75) is 0 Å². The molecule has 2 rings (SSSR count). The van der Waals surface area contributed by atoms with Crippen LogP contribution in [-0.2, 0) is 0 Å². The molecule has 0 atom stereocenters. The number of benzene rings is 2. The van der Waals surface area contributed by atoms with Crippen LogP contribution in [0.3, 0.4) is 0 Å². The molecule has 0 spiro atoms. The lowest BCUT2D eigenvalue weighted by Crippen LogP contribution is -2.05. The molecule has 0 saturated heterocycles. The summed E-state index contributed by atoms with van der Waals surface area (Å²) in [5.41, 5.74) is 5.09. The van der Waals surface area contributed by atoms with E-state index in [1.807, 2.05) is 0 Å². The predicted molar refractivity (Wildman–Crippen MR) is 72.5 cm³/mol. The molecule has 0 bridgehead atoms. The van der Waals surface area contributed by atoms with Gasteiger partial charge in [-0.15, -0.1) is 0 Å². The molecule has 0 heterocycles. The lowest BCUT2D eigenvalue weighted by atomic mass is 10.1. The first-order valence-corrected chi connectivity index (χ1v) is 5.80. The molecule has 0 saturated carbocycles. The highest BCUT2D eigenvalue weighted by Gasteiger charge is 2.14. The molecule has 0 amide bonds. The summed E-state index contributed by atoms with van der Waals surface area (Å²) in [6.45, 7) is 0. The smallest absolute Gasteiger partial charge is 0.338 e. The van der Waals surface area contributed by atoms with Crippen molar-refractivity contribution in [3.63, 3.8) is 0 Å². The molecule has 0 radical (unpaired) electrons. The molecule has 0 aliphatic rings. The molecule has 0 aromatic heterocycles. The zero-order valence-electron chi connectivity index (χ0n) is 9.95. The van der Waals surface area contributed by atoms with E-state index in [0.717, 1.165) is 18.2 Å². The molecule has 20 heavy (non-hydrogen) atoms. The monoisotopic (exact) mass is 298 g/mol. The van der Waals surface area contributed by atoms with Crippen molar-refractivity contribution < 1.29 is 18.7 Å². The van der Waals surface area contributed by atoms with Crippen LogP contribution in [0.4, 0.5) is 25.8 Å². The fourth-order valence-corrected chi connectivity index (χ4v) is 1.77. The Hall–Kier alpha value is -2.34. The summed E-state index contributed by atoms with van der Waals surface area (Å²) in [4.78, 5) is 10.7. The van der Waals surface area contributed by atoms with Gasteiger partial charge in [-0.25, -0.2) is 13.6 Å². The van der Waals surface area contributed by atoms with Crippen LogP contribution in [0.1, 0.15) is 10.4 Å². The first-order valence-electron chi connectivity index (χ1n) is 5.43. The molecule has 4 nitrogen and oxygen atoms in total. The van der Waals surface area contributed by atoms with E-state index in [0.29, 0.717) is 0 Å². The second-order valence-corrected chi connectivity index (χ2v) is 4.41. The van der Waals surface area contributed by atoms with E-state index in [1.165, 1.54) is 12.1 Å². The second-order valence-electron chi connectivity index (χ2n) is 3.97. The van der Waals surface area contributed by atoms with E-state index < -0.39 is 23.2 Å². The number of hydrogen-bond donors (Lipinski definition) is 3. The molecule has 104 valence electrons. The van der Waals surface area contributed by atoms with E-state index in [9.17, 15) is 13.6 Å². The summed E-state index contributed by atoms with van der Waals surface area (Å²) in [7, 11) is 0. The Balaban J connectivity index is 2.42. The van der Waals surface area contributed by atoms with Crippen LogP contribution in [0.25, 0.3) is 0 Å². The Morgan fingerprint density at radius 1 is 1.15 bits per heavy atom. The molecular weight excluding hydrogens is 290 g/mol. The zero-order valence-corrected chi connectivity index (χ0v) is 10.7. The predicted octanol–water partition coefficient (Wildman–Crippen LogP) is 3.64. The number of anilines is 3. The standard InChI is InChI=1S/C13H9ClF2N2O2/c14-6-1-2-8(15)11(3-6)18-12-5-9(16)7(13(19)20)4-10(12)17/h1-5,18H,17H2,(H,19,20). The van der Waals surface area contributed by atoms with Gasteiger partial charge in [0.2, 0.25) is 0 Å². The topological polar surface area (TPSA) is 75.4 Å². The van der Waals surface area contributed by atoms with Crippen LogP contribution in [0.2, 0.25) is 5.02 Å². The van der Waals surface area contributed by atoms with Gasteiger partial charge in [-0.3, -0.25) is 0 Å². The van der Waals surface area contributed by atoms with Gasteiger partial charge in [-0.2, -0.15) is 0 Å². The Morgan fingerprint density at radius 2 is 1.85 bits per heavy atom. The van der Waals surface area contributed by atoms with Crippen LogP contribution < -0.4 is 11.1 Å². The van der Waals surface area contributed by atoms with Gasteiger partial charge in [0.15, 0.2) is 0 Å². The minimum atomic E-state index is -1.44. The third-order valence-electron chi connectivity index (χ3n) is 2.57. The third kappa shape index (κ3) is 2.80. The van der Waals surface area contributed by atoms with E-state index >= 15 is 0 Å². The minimum absolute atomic E-state index is 0.00618. The quantitative estimate of drug-likeness (QED) is 0.756. The Bertz CT molecular complexity index is 692. The Morgan fingerprint density at radius 3 is 2.50 bits per heavy atom. The zero-order chi connectivity index (χ0) is 14.9. The minimum Gasteiger partial charge on any atom is -0.478 e. The molecular formula is C13H9ClF2N2O2. The van der Waals surface area contributed by atoms with Crippen molar-refractivity contribution in [2.24, 2.45) is 0 Å². The summed E-state index contributed by atoms with van der Waals surface area (Å²) < 4.78 is 27.1. The van der Waals surface area contributed by atoms with Gasteiger partial charge in [-0.1, -0.05) is 11.6 Å². The molecule has 4 N–H and O–H groups in total. The number of halogens is 3. The second kappa shape index (κ2) is 5.34. The Kier molecular flexibility index (Phi) is 3.76. The van der Waals surface area contributed by atoms with E-state index in [-0.39, 0.29) is 22.1 Å². The van der Waals surface area contributed by atoms with E-state index in [1.54, 1.807) is 0 Å². The highest BCUT2D eigenvalue weighted by Crippen LogP contribution is 2.29. The number of rotatable bonds is 3. The molecule has 2 aromatic rings. The van der Waals surface area contributed by atoms with E-state index in [2.05, 4.69) is 5.32 Å². The third-order valence-corrected chi connectivity index (χ3v) is 2.80. The average Bonchev–Trinajstić information content (AvgIpc) is 2.37. The fourth-order valence-electron chi connectivity index (χ4n) is 1.60. The molecule has 0 aliphatic carbocycles. The average molecular weight is 299 g/mol. The number of nitrogens with two attached hydrogens (primary N) is 1. The Labute approximate surface area is 117 Å². The van der Waals surface area contributed by atoms with Crippen LogP contribution in [0, 0.1) is 11.6 Å². The van der Waals surface area contributed by atoms with Gasteiger partial charge < -0.3 is 16.2 Å². The number of nitrogens with one attached hydrogen (secondary N) is 1. The fraction of sp³-hybridized carbons (Fsp3) is 0. The van der Waals surface area contributed by atoms with Crippen molar-refractivity contribution in [3.8, 4) is 0 Å². The lowest BCUT2D eigenvalue weighted by molar-refractivity contribution is 0.0692. The summed E-state index contributed by atoms with van der Waals surface area (Å²) in [5, 5.41) is 11.6. The maximum absolute atomic E-state index is 13.6. The van der Waals surface area contributed by atoms with Gasteiger partial charge in [0.1, 0.15) is 11.6 Å². The van der Waals surface area contributed by atoms with Gasteiger partial charge in [-0.05, 0) is 24.3 Å². The number of hydrogen-bond acceptors (Lipinski definition) is 3. The summed E-state index contributed by atoms with van der Waals surface area (Å²) in [6.07, 6.45) is 0. The first-order chi connectivity index (χ1) is 9.38. The summed E-state index contributed by atoms with van der Waals surface area (Å²) >= 11 is 5.73. The maximum atomic E-state index is 13.6. The van der Waals surface area contributed by atoms with Crippen LogP contribution in [-0.4, -0.2) is 11.1 Å². The highest BCUT2D eigenvalue weighted by molar-refractivity contribution is 6.30. The van der Waals surface area contributed by atoms with E-state index in [4.69, 9.17) is 22.4 Å². The van der Waals surface area contributed by atoms with Crippen molar-refractivity contribution in [1.29, 1.82) is 0 Å². The van der Waals surface area contributed by atoms with Crippen LogP contribution in [0.5, 0.6) is 0 Å². The lowest BCUT2D eigenvalue weighted by Gasteiger charge is -2.11. The highest BCUT2D eigenvalue weighted by atomic mass is 35.5. The first kappa shape index (κ1) is 14.1. The van der Waals surface area contributed by atoms with Gasteiger partial charge in [0, 0.05) is 11.1 Å². The van der Waals surface area contributed by atoms with Gasteiger partial charge in [0.05, 0.1) is 22.6 Å². The maximum Gasteiger partial charge on any atom is 0.338 e. The molecule has 7 heteroatoms. The number of carbonyl (C=O) groups is 1. The number of carboxylic acid groups (broad SMARTS) is 1. The molecule has 0 aliphatic heterocycles. The molecule has 0 fully saturated rings. The SMILES string of the molecule is Nc1cc(C(=O)O)c(F)cc1Nc1cc(Cl)ccc1F. The van der Waals surface area contributed by atoms with Crippen LogP contribution in [0.15, 0.2) is 30.3 Å². The number of carboxylic acids is 1. The van der Waals surface area contributed by atoms with Crippen molar-refractivity contribution in [3.05, 3.63) is 52.6 Å². The molecule has 2 aromatic carbocycles. The number of aromatic carboxylic acids is 1. The summed E-state index contributed by atoms with van der Waals surface area (Å²) in [5.74, 6) is -3.01. The normalized spacial score (nSPS) is 10.3. The van der Waals surface area contributed by atoms with Crippen LogP contribution >= 0.6 is 11.6 Å². The largest absolute Gasteiger partial charge is 0.478 e. The van der Waals surface area contributed by atoms with Crippen molar-refractivity contribution in [1.82, 2.24) is 0 Å². The van der Waals surface area contributed by atoms with Gasteiger partial charge >= 0.3 is 5.97 Å². The molecule has 0 unspecified atom stereocenters. The summed E-state index contributed by atoms with van der Waals surface area (Å²) in [6, 6.07) is 5.66.